The average molecular weight is 324 g/mol. The Labute approximate surface area is 142 Å². The molecule has 0 saturated carbocycles. The van der Waals surface area contributed by atoms with E-state index in [1.54, 1.807) is 0 Å². The zero-order chi connectivity index (χ0) is 18.7. The first-order valence-corrected chi connectivity index (χ1v) is 8.24. The van der Waals surface area contributed by atoms with E-state index in [1.165, 1.54) is 14.2 Å². The second-order valence-electron chi connectivity index (χ2n) is 3.44. The molecule has 6 heteroatoms. The molecule has 23 heavy (non-hydrogen) atoms. The number of hydroxylamine groups is 2. The summed E-state index contributed by atoms with van der Waals surface area (Å²) in [6.07, 6.45) is 0.114. The van der Waals surface area contributed by atoms with Gasteiger partial charge in [-0.15, -0.1) is 0 Å². The van der Waals surface area contributed by atoms with Crippen LogP contribution in [0.15, 0.2) is 30.3 Å². The zero-order valence-corrected chi connectivity index (χ0v) is 15.9. The number of likely N-dealkylation sites (N-methyl/N-ethyl adjacent to an activating group) is 1. The monoisotopic (exact) mass is 324 g/mol. The van der Waals surface area contributed by atoms with Crippen LogP contribution in [0, 0.1) is 0 Å². The summed E-state index contributed by atoms with van der Waals surface area (Å²) < 4.78 is 10.4. The van der Waals surface area contributed by atoms with E-state index in [-0.39, 0.29) is 12.4 Å². The predicted octanol–water partition coefficient (Wildman–Crippen LogP) is 3.42. The van der Waals surface area contributed by atoms with Gasteiger partial charge in [0, 0.05) is 0 Å². The predicted molar refractivity (Wildman–Crippen MR) is 97.4 cm³/mol. The van der Waals surface area contributed by atoms with Crippen molar-refractivity contribution >= 4 is 13.1 Å². The summed E-state index contributed by atoms with van der Waals surface area (Å²) in [6, 6.07) is 8.61. The number of nitrogens with zero attached hydrogens (tertiary/aromatic N) is 1. The van der Waals surface area contributed by atoms with E-state index in [0.717, 1.165) is 17.8 Å². The van der Waals surface area contributed by atoms with Crippen LogP contribution in [0.1, 0.15) is 53.1 Å². The molecule has 0 bridgehead atoms. The molecule has 132 valence electrons. The molecule has 0 aromatic heterocycles. The van der Waals surface area contributed by atoms with Gasteiger partial charge in [-0.2, -0.15) is 0 Å². The molecule has 0 spiro atoms. The van der Waals surface area contributed by atoms with Crippen molar-refractivity contribution in [2.75, 3.05) is 20.6 Å². The number of hydrogen-bond donors (Lipinski definition) is 1. The van der Waals surface area contributed by atoms with Gasteiger partial charge < -0.3 is 0 Å². The molecule has 0 aliphatic carbocycles. The van der Waals surface area contributed by atoms with Crippen LogP contribution in [0.2, 0.25) is 0 Å². The first kappa shape index (κ1) is 26.4. The van der Waals surface area contributed by atoms with Gasteiger partial charge in [0.2, 0.25) is 0 Å². The Bertz CT molecular complexity index is 375. The van der Waals surface area contributed by atoms with Crippen LogP contribution in [0.5, 0.6) is 0 Å². The number of benzene rings is 1. The van der Waals surface area contributed by atoms with Gasteiger partial charge in [-0.3, -0.25) is 0 Å². The summed E-state index contributed by atoms with van der Waals surface area (Å²) in [6.45, 7) is 12.0. The first-order valence-electron chi connectivity index (χ1n) is 8.24. The summed E-state index contributed by atoms with van der Waals surface area (Å²) in [5, 5.41) is 4.00. The molecule has 5 nitrogen and oxygen atoms in total. The van der Waals surface area contributed by atoms with Gasteiger partial charge in [0.1, 0.15) is 0 Å². The Morgan fingerprint density at radius 2 is 1.61 bits per heavy atom. The van der Waals surface area contributed by atoms with Crippen LogP contribution in [0.3, 0.4) is 0 Å². The fraction of sp³-hybridized carbons (Fsp3) is 0.588. The first-order chi connectivity index (χ1) is 11.2. The maximum atomic E-state index is 12.0. The Morgan fingerprint density at radius 1 is 1.13 bits per heavy atom. The molecule has 1 rings (SSSR count). The molecule has 1 atom stereocenters. The molecule has 1 N–H and O–H groups in total. The number of carbonyl (C=O) groups is 1. The third-order valence-electron chi connectivity index (χ3n) is 2.37. The quantitative estimate of drug-likeness (QED) is 0.643. The molecule has 0 fully saturated rings. The van der Waals surface area contributed by atoms with Crippen LogP contribution in [0.25, 0.3) is 0 Å². The maximum absolute atomic E-state index is 12.0. The van der Waals surface area contributed by atoms with Gasteiger partial charge in [-0.1, -0.05) is 41.5 Å². The Kier molecular flexibility index (Phi) is 23.5. The standard InChI is InChI=1S/C11H15BN2O3.3C2H6/c1-14(17-2)11(15)10(13-8-12-16)9-6-4-3-5-7-9;3*1-2/h3-7,10,13H,8H2,1-2H3;3*1-2H3. The van der Waals surface area contributed by atoms with Gasteiger partial charge in [0.15, 0.2) is 0 Å². The number of amides is 1. The van der Waals surface area contributed by atoms with Crippen molar-refractivity contribution in [2.45, 2.75) is 47.6 Å². The van der Waals surface area contributed by atoms with Crippen LogP contribution in [0.4, 0.5) is 0 Å². The van der Waals surface area contributed by atoms with Gasteiger partial charge in [0.05, 0.1) is 0 Å². The minimum atomic E-state index is -0.577. The summed E-state index contributed by atoms with van der Waals surface area (Å²) in [4.78, 5) is 16.9. The SMILES string of the molecule is CC.CC.CC.CON(C)C(=O)C(NCB=O)c1ccccc1. The molecule has 0 heterocycles. The molecule has 1 aromatic carbocycles. The van der Waals surface area contributed by atoms with Crippen LogP contribution in [-0.2, 0) is 14.3 Å². The van der Waals surface area contributed by atoms with Crippen LogP contribution >= 0.6 is 0 Å². The van der Waals surface area contributed by atoms with Gasteiger partial charge in [-0.05, 0) is 0 Å². The third-order valence-corrected chi connectivity index (χ3v) is 2.37. The fourth-order valence-electron chi connectivity index (χ4n) is 1.43. The van der Waals surface area contributed by atoms with E-state index in [9.17, 15) is 9.50 Å². The Hall–Kier alpha value is -1.53. The topological polar surface area (TPSA) is 58.6 Å². The number of hydrogen-bond acceptors (Lipinski definition) is 4. The van der Waals surface area contributed by atoms with Crippen molar-refractivity contribution in [3.05, 3.63) is 35.9 Å². The fourth-order valence-corrected chi connectivity index (χ4v) is 1.43. The minimum absolute atomic E-state index is 0.114. The molecule has 1 unspecified atom stereocenters. The summed E-state index contributed by atoms with van der Waals surface area (Å²) in [5.74, 6) is -0.249. The van der Waals surface area contributed by atoms with Crippen molar-refractivity contribution in [1.29, 1.82) is 0 Å². The Morgan fingerprint density at radius 3 is 2.00 bits per heavy atom. The second kappa shape index (κ2) is 20.5. The number of carbonyl (C=O) groups excluding carboxylic acids is 1. The molecule has 0 aliphatic rings. The summed E-state index contributed by atoms with van der Waals surface area (Å²) >= 11 is 0. The van der Waals surface area contributed by atoms with Crippen LogP contribution in [-0.4, -0.2) is 38.7 Å². The molecule has 1 amide bonds. The Balaban J connectivity index is -0.000000595. The van der Waals surface area contributed by atoms with Gasteiger partial charge >= 0.3 is 100 Å². The molecule has 0 aliphatic heterocycles. The van der Waals surface area contributed by atoms with E-state index >= 15 is 0 Å². The normalized spacial score (nSPS) is 9.39. The van der Waals surface area contributed by atoms with E-state index in [0.29, 0.717) is 0 Å². The van der Waals surface area contributed by atoms with Crippen molar-refractivity contribution in [3.8, 4) is 0 Å². The molecule has 0 radical (unpaired) electrons. The van der Waals surface area contributed by atoms with Crippen molar-refractivity contribution < 1.29 is 14.3 Å². The van der Waals surface area contributed by atoms with Crippen molar-refractivity contribution in [3.63, 3.8) is 0 Å². The van der Waals surface area contributed by atoms with Crippen molar-refractivity contribution in [2.24, 2.45) is 0 Å². The van der Waals surface area contributed by atoms with E-state index in [2.05, 4.69) is 5.32 Å². The van der Waals surface area contributed by atoms with E-state index < -0.39 is 6.04 Å². The summed E-state index contributed by atoms with van der Waals surface area (Å²) in [7, 11) is 3.66. The third kappa shape index (κ3) is 11.7. The second-order valence-corrected chi connectivity index (χ2v) is 3.44. The average Bonchev–Trinajstić information content (AvgIpc) is 2.67. The number of nitrogens with one attached hydrogen (secondary N) is 1. The molecule has 1 aromatic rings. The van der Waals surface area contributed by atoms with Crippen molar-refractivity contribution in [1.82, 2.24) is 10.4 Å². The van der Waals surface area contributed by atoms with Gasteiger partial charge in [-0.25, -0.2) is 0 Å². The molecule has 0 saturated heterocycles. The van der Waals surface area contributed by atoms with Crippen LogP contribution < -0.4 is 5.32 Å². The van der Waals surface area contributed by atoms with E-state index in [1.807, 2.05) is 71.9 Å². The molecular formula is C17H33BN2O3. The summed E-state index contributed by atoms with van der Waals surface area (Å²) in [5.41, 5.74) is 0.795. The van der Waals surface area contributed by atoms with Gasteiger partial charge in [0.25, 0.3) is 0 Å². The van der Waals surface area contributed by atoms with E-state index in [4.69, 9.17) is 4.84 Å². The zero-order valence-electron chi connectivity index (χ0n) is 15.9. The number of rotatable bonds is 6. The molecular weight excluding hydrogens is 291 g/mol.